The van der Waals surface area contributed by atoms with Gasteiger partial charge in [0.2, 0.25) is 5.91 Å². The lowest BCUT2D eigenvalue weighted by Crippen LogP contribution is -2.83. The maximum absolute atomic E-state index is 12.1. The number of halogens is 1. The largest absolute Gasteiger partial charge is 0.335 e. The summed E-state index contributed by atoms with van der Waals surface area (Å²) in [4.78, 5) is 18.4. The lowest BCUT2D eigenvalue weighted by atomic mass is 10.1. The first-order valence-corrected chi connectivity index (χ1v) is 9.69. The number of hydrogen-bond acceptors (Lipinski definition) is 3. The van der Waals surface area contributed by atoms with E-state index in [1.54, 1.807) is 11.8 Å². The second-order valence-corrected chi connectivity index (χ2v) is 7.36. The van der Waals surface area contributed by atoms with Crippen molar-refractivity contribution in [1.29, 1.82) is 0 Å². The van der Waals surface area contributed by atoms with Crippen LogP contribution in [0, 0.1) is 0 Å². The Hall–Kier alpha value is -2.21. The van der Waals surface area contributed by atoms with E-state index in [9.17, 15) is 4.79 Å². The first-order chi connectivity index (χ1) is 12.5. The van der Waals surface area contributed by atoms with Crippen molar-refractivity contribution in [3.8, 4) is 0 Å². The van der Waals surface area contributed by atoms with Crippen molar-refractivity contribution in [1.82, 2.24) is 4.98 Å². The highest BCUT2D eigenvalue weighted by Gasteiger charge is 2.18. The second-order valence-electron chi connectivity index (χ2n) is 6.09. The molecule has 1 atom stereocenters. The Balaban J connectivity index is 1.69. The fourth-order valence-electron chi connectivity index (χ4n) is 2.70. The van der Waals surface area contributed by atoms with Gasteiger partial charge in [0.05, 0.1) is 5.69 Å². The lowest BCUT2D eigenvalue weighted by molar-refractivity contribution is -0.708. The molecule has 0 fully saturated rings. The smallest absolute Gasteiger partial charge is 0.230 e. The number of amides is 1. The minimum absolute atomic E-state index is 0.0457. The summed E-state index contributed by atoms with van der Waals surface area (Å²) in [6, 6.07) is 17.8. The van der Waals surface area contributed by atoms with E-state index in [0.29, 0.717) is 11.2 Å². The number of anilines is 2. The molecular formula is C20H21ClN3OS+. The van der Waals surface area contributed by atoms with Gasteiger partial charge >= 0.3 is 0 Å². The van der Waals surface area contributed by atoms with Crippen molar-refractivity contribution in [2.24, 2.45) is 0 Å². The highest BCUT2D eigenvalue weighted by atomic mass is 35.5. The minimum atomic E-state index is -0.0457. The molecule has 0 saturated heterocycles. The van der Waals surface area contributed by atoms with Crippen LogP contribution in [0.1, 0.15) is 31.1 Å². The topological polar surface area (TPSA) is 49.8 Å². The van der Waals surface area contributed by atoms with Gasteiger partial charge < -0.3 is 5.32 Å². The second kappa shape index (κ2) is 8.45. The molecule has 6 heteroatoms. The molecule has 1 aromatic heterocycles. The Morgan fingerprint density at radius 1 is 1.19 bits per heavy atom. The predicted molar refractivity (Wildman–Crippen MR) is 107 cm³/mol. The molecule has 1 heterocycles. The van der Waals surface area contributed by atoms with E-state index in [4.69, 9.17) is 11.6 Å². The van der Waals surface area contributed by atoms with Gasteiger partial charge in [0.25, 0.3) is 0 Å². The summed E-state index contributed by atoms with van der Waals surface area (Å²) >= 11 is 7.43. The van der Waals surface area contributed by atoms with Crippen molar-refractivity contribution in [3.05, 3.63) is 76.3 Å². The zero-order chi connectivity index (χ0) is 18.5. The molecule has 1 amide bonds. The molecule has 2 N–H and O–H groups in total. The summed E-state index contributed by atoms with van der Waals surface area (Å²) in [5.41, 5.74) is 3.02. The predicted octanol–water partition coefficient (Wildman–Crippen LogP) is 4.31. The van der Waals surface area contributed by atoms with Crippen LogP contribution in [0.2, 0.25) is 5.02 Å². The lowest BCUT2D eigenvalue weighted by Gasteiger charge is -2.17. The van der Waals surface area contributed by atoms with E-state index >= 15 is 0 Å². The third-order valence-corrected chi connectivity index (χ3v) is 5.26. The van der Waals surface area contributed by atoms with Gasteiger partial charge in [-0.3, -0.25) is 9.69 Å². The number of quaternary nitrogens is 1. The van der Waals surface area contributed by atoms with Crippen LogP contribution in [-0.2, 0) is 11.3 Å². The highest BCUT2D eigenvalue weighted by Crippen LogP contribution is 2.28. The van der Waals surface area contributed by atoms with Gasteiger partial charge in [0, 0.05) is 22.9 Å². The maximum Gasteiger partial charge on any atom is 0.230 e. The van der Waals surface area contributed by atoms with Gasteiger partial charge in [-0.2, -0.15) is 0 Å². The third kappa shape index (κ3) is 4.49. The van der Waals surface area contributed by atoms with Crippen LogP contribution < -0.4 is 10.2 Å². The maximum atomic E-state index is 12.1. The van der Waals surface area contributed by atoms with E-state index in [0.717, 1.165) is 22.9 Å². The molecule has 0 aliphatic carbocycles. The molecule has 0 unspecified atom stereocenters. The zero-order valence-electron chi connectivity index (χ0n) is 14.7. The molecule has 0 aliphatic rings. The highest BCUT2D eigenvalue weighted by molar-refractivity contribution is 7.14. The molecule has 3 aromatic rings. The molecule has 0 aliphatic heterocycles. The standard InChI is InChI=1S/C20H20ClN3OS/c1-14(16-8-10-17(21)11-9-16)22-12-18-13-26-20(23-18)24(15(2)25)19-6-4-3-5-7-19/h3-11,13-14,22H,12H2,1-2H3/p+1/t14-/m0/s1. The van der Waals surface area contributed by atoms with Gasteiger partial charge in [-0.05, 0) is 31.2 Å². The van der Waals surface area contributed by atoms with Crippen molar-refractivity contribution in [2.75, 3.05) is 4.90 Å². The number of hydrogen-bond donors (Lipinski definition) is 1. The average Bonchev–Trinajstić information content (AvgIpc) is 3.09. The first kappa shape index (κ1) is 18.6. The zero-order valence-corrected chi connectivity index (χ0v) is 16.3. The molecule has 0 bridgehead atoms. The number of nitrogens with zero attached hydrogens (tertiary/aromatic N) is 2. The Kier molecular flexibility index (Phi) is 6.04. The Morgan fingerprint density at radius 3 is 2.54 bits per heavy atom. The molecule has 0 radical (unpaired) electrons. The van der Waals surface area contributed by atoms with E-state index in [-0.39, 0.29) is 5.91 Å². The molecule has 26 heavy (non-hydrogen) atoms. The van der Waals surface area contributed by atoms with Crippen LogP contribution in [0.3, 0.4) is 0 Å². The number of benzene rings is 2. The van der Waals surface area contributed by atoms with E-state index in [2.05, 4.69) is 17.2 Å². The van der Waals surface area contributed by atoms with Crippen LogP contribution >= 0.6 is 22.9 Å². The normalized spacial score (nSPS) is 12.0. The fraction of sp³-hybridized carbons (Fsp3) is 0.200. The summed E-state index contributed by atoms with van der Waals surface area (Å²) in [5, 5.41) is 5.68. The number of thiazole rings is 1. The number of carbonyl (C=O) groups excluding carboxylic acids is 1. The van der Waals surface area contributed by atoms with Gasteiger partial charge in [0.1, 0.15) is 18.3 Å². The van der Waals surface area contributed by atoms with E-state index < -0.39 is 0 Å². The Morgan fingerprint density at radius 2 is 1.88 bits per heavy atom. The molecule has 2 aromatic carbocycles. The molecule has 4 nitrogen and oxygen atoms in total. The summed E-state index contributed by atoms with van der Waals surface area (Å²) in [6.45, 7) is 4.46. The Bertz CT molecular complexity index is 864. The number of para-hydroxylation sites is 1. The van der Waals surface area contributed by atoms with Crippen molar-refractivity contribution in [2.45, 2.75) is 26.4 Å². The fourth-order valence-corrected chi connectivity index (χ4v) is 3.72. The van der Waals surface area contributed by atoms with Gasteiger partial charge in [0.15, 0.2) is 5.13 Å². The molecule has 3 rings (SSSR count). The first-order valence-electron chi connectivity index (χ1n) is 8.43. The summed E-state index contributed by atoms with van der Waals surface area (Å²) in [6.07, 6.45) is 0. The minimum Gasteiger partial charge on any atom is -0.335 e. The van der Waals surface area contributed by atoms with Gasteiger partial charge in [-0.1, -0.05) is 41.9 Å². The SMILES string of the molecule is CC(=O)N(c1ccccc1)c1nc(C[NH2+][C@@H](C)c2ccc(Cl)cc2)cs1. The van der Waals surface area contributed by atoms with Crippen LogP contribution in [0.25, 0.3) is 0 Å². The van der Waals surface area contributed by atoms with E-state index in [1.165, 1.54) is 16.9 Å². The third-order valence-electron chi connectivity index (χ3n) is 4.14. The van der Waals surface area contributed by atoms with Gasteiger partial charge in [-0.25, -0.2) is 4.98 Å². The number of nitrogens with two attached hydrogens (primary N) is 1. The monoisotopic (exact) mass is 386 g/mol. The van der Waals surface area contributed by atoms with Crippen molar-refractivity contribution >= 4 is 39.7 Å². The summed E-state index contributed by atoms with van der Waals surface area (Å²) < 4.78 is 0. The molecule has 134 valence electrons. The number of carbonyl (C=O) groups is 1. The van der Waals surface area contributed by atoms with Crippen LogP contribution in [0.4, 0.5) is 10.8 Å². The molecule has 0 saturated carbocycles. The van der Waals surface area contributed by atoms with Crippen molar-refractivity contribution < 1.29 is 10.1 Å². The van der Waals surface area contributed by atoms with Crippen LogP contribution in [-0.4, -0.2) is 10.9 Å². The van der Waals surface area contributed by atoms with Gasteiger partial charge in [-0.15, -0.1) is 11.3 Å². The molecular weight excluding hydrogens is 366 g/mol. The summed E-state index contributed by atoms with van der Waals surface area (Å²) in [7, 11) is 0. The number of aromatic nitrogens is 1. The van der Waals surface area contributed by atoms with E-state index in [1.807, 2.05) is 60.0 Å². The Labute approximate surface area is 162 Å². The van der Waals surface area contributed by atoms with Crippen LogP contribution in [0.5, 0.6) is 0 Å². The van der Waals surface area contributed by atoms with Crippen molar-refractivity contribution in [3.63, 3.8) is 0 Å². The number of rotatable bonds is 6. The quantitative estimate of drug-likeness (QED) is 0.686. The molecule has 0 spiro atoms. The van der Waals surface area contributed by atoms with Crippen LogP contribution in [0.15, 0.2) is 60.0 Å². The summed E-state index contributed by atoms with van der Waals surface area (Å²) in [5.74, 6) is -0.0457. The average molecular weight is 387 g/mol.